The fourth-order valence-electron chi connectivity index (χ4n) is 2.96. The normalized spacial score (nSPS) is 11.8. The number of nitrogens with one attached hydrogen (secondary N) is 1. The number of nitrogens with zero attached hydrogens (tertiary/aromatic N) is 1. The van der Waals surface area contributed by atoms with E-state index in [9.17, 15) is 14.0 Å². The van der Waals surface area contributed by atoms with Crippen LogP contribution in [0, 0.1) is 11.7 Å². The molecular weight excluding hydrogens is 442 g/mol. The third kappa shape index (κ3) is 7.40. The van der Waals surface area contributed by atoms with E-state index >= 15 is 0 Å². The van der Waals surface area contributed by atoms with E-state index in [1.807, 2.05) is 20.8 Å². The average molecular weight is 469 g/mol. The fourth-order valence-corrected chi connectivity index (χ4v) is 3.28. The van der Waals surface area contributed by atoms with Gasteiger partial charge in [0.1, 0.15) is 6.04 Å². The summed E-state index contributed by atoms with van der Waals surface area (Å²) in [5.41, 5.74) is 0.712. The average Bonchev–Trinajstić information content (AvgIpc) is 2.73. The third-order valence-electron chi connectivity index (χ3n) is 4.60. The second-order valence-corrected chi connectivity index (χ2v) is 8.37. The van der Waals surface area contributed by atoms with E-state index in [-0.39, 0.29) is 24.1 Å². The molecule has 2 amide bonds. The smallest absolute Gasteiger partial charge is 0.261 e. The van der Waals surface area contributed by atoms with Crippen LogP contribution in [0.2, 0.25) is 10.0 Å². The number of hydrogen-bond acceptors (Lipinski definition) is 3. The van der Waals surface area contributed by atoms with Crippen molar-refractivity contribution < 1.29 is 18.7 Å². The molecule has 2 aromatic rings. The number of amides is 2. The molecular formula is C23H27Cl2FN2O3. The maximum absolute atomic E-state index is 13.9. The Morgan fingerprint density at radius 3 is 2.45 bits per heavy atom. The Bertz CT molecular complexity index is 908. The van der Waals surface area contributed by atoms with Gasteiger partial charge < -0.3 is 15.0 Å². The Hall–Kier alpha value is -2.31. The van der Waals surface area contributed by atoms with Gasteiger partial charge in [-0.15, -0.1) is 0 Å². The molecule has 0 aliphatic carbocycles. The highest BCUT2D eigenvalue weighted by Gasteiger charge is 2.29. The lowest BCUT2D eigenvalue weighted by atomic mass is 10.1. The first-order valence-corrected chi connectivity index (χ1v) is 10.9. The van der Waals surface area contributed by atoms with Crippen LogP contribution >= 0.6 is 23.2 Å². The first kappa shape index (κ1) is 25.0. The van der Waals surface area contributed by atoms with Gasteiger partial charge in [-0.05, 0) is 42.2 Å². The zero-order chi connectivity index (χ0) is 23.0. The van der Waals surface area contributed by atoms with Gasteiger partial charge in [0.2, 0.25) is 5.91 Å². The van der Waals surface area contributed by atoms with Gasteiger partial charge in [0, 0.05) is 13.1 Å². The molecule has 2 aromatic carbocycles. The molecule has 5 nitrogen and oxygen atoms in total. The van der Waals surface area contributed by atoms with Crippen molar-refractivity contribution in [1.82, 2.24) is 10.2 Å². The van der Waals surface area contributed by atoms with Crippen LogP contribution < -0.4 is 10.1 Å². The van der Waals surface area contributed by atoms with Crippen molar-refractivity contribution in [2.24, 2.45) is 5.92 Å². The first-order chi connectivity index (χ1) is 14.7. The molecule has 0 radical (unpaired) electrons. The second kappa shape index (κ2) is 11.9. The van der Waals surface area contributed by atoms with Gasteiger partial charge >= 0.3 is 0 Å². The largest absolute Gasteiger partial charge is 0.481 e. The van der Waals surface area contributed by atoms with Gasteiger partial charge in [-0.1, -0.05) is 62.2 Å². The predicted octanol–water partition coefficient (Wildman–Crippen LogP) is 5.09. The minimum Gasteiger partial charge on any atom is -0.481 e. The van der Waals surface area contributed by atoms with Crippen LogP contribution in [-0.4, -0.2) is 35.9 Å². The number of halogens is 3. The second-order valence-electron chi connectivity index (χ2n) is 7.55. The molecule has 0 saturated heterocycles. The van der Waals surface area contributed by atoms with Crippen molar-refractivity contribution in [3.63, 3.8) is 0 Å². The molecule has 31 heavy (non-hydrogen) atoms. The van der Waals surface area contributed by atoms with Crippen molar-refractivity contribution >= 4 is 35.0 Å². The van der Waals surface area contributed by atoms with Crippen molar-refractivity contribution in [3.05, 3.63) is 63.9 Å². The van der Waals surface area contributed by atoms with E-state index in [4.69, 9.17) is 27.9 Å². The molecule has 0 saturated carbocycles. The Morgan fingerprint density at radius 1 is 1.13 bits per heavy atom. The summed E-state index contributed by atoms with van der Waals surface area (Å²) in [4.78, 5) is 27.3. The van der Waals surface area contributed by atoms with Crippen molar-refractivity contribution in [2.45, 2.75) is 39.8 Å². The van der Waals surface area contributed by atoms with Crippen LogP contribution in [0.3, 0.4) is 0 Å². The number of carbonyl (C=O) groups is 2. The molecule has 0 spiro atoms. The number of carbonyl (C=O) groups excluding carboxylic acids is 2. The molecule has 0 heterocycles. The van der Waals surface area contributed by atoms with E-state index in [1.165, 1.54) is 23.1 Å². The maximum atomic E-state index is 13.9. The van der Waals surface area contributed by atoms with E-state index in [0.29, 0.717) is 28.6 Å². The molecule has 1 N–H and O–H groups in total. The van der Waals surface area contributed by atoms with Crippen molar-refractivity contribution in [3.8, 4) is 5.75 Å². The summed E-state index contributed by atoms with van der Waals surface area (Å²) < 4.78 is 19.2. The molecule has 0 bridgehead atoms. The van der Waals surface area contributed by atoms with Crippen LogP contribution in [0.15, 0.2) is 42.5 Å². The molecule has 1 atom stereocenters. The summed E-state index contributed by atoms with van der Waals surface area (Å²) in [6, 6.07) is 10.2. The lowest BCUT2D eigenvalue weighted by Crippen LogP contribution is -2.50. The summed E-state index contributed by atoms with van der Waals surface area (Å²) in [6.45, 7) is 6.02. The number of ether oxygens (including phenoxy) is 1. The minimum atomic E-state index is -0.718. The quantitative estimate of drug-likeness (QED) is 0.528. The van der Waals surface area contributed by atoms with Gasteiger partial charge in [-0.25, -0.2) is 4.39 Å². The molecule has 168 valence electrons. The number of para-hydroxylation sites is 1. The fraction of sp³-hybridized carbons (Fsp3) is 0.391. The van der Waals surface area contributed by atoms with Crippen LogP contribution in [0.5, 0.6) is 5.75 Å². The van der Waals surface area contributed by atoms with E-state index in [2.05, 4.69) is 5.32 Å². The maximum Gasteiger partial charge on any atom is 0.261 e. The SMILES string of the molecule is CC[C@@H](C(=O)NCC(C)C)N(Cc1ccc(Cl)c(Cl)c1)C(=O)COc1ccccc1F. The van der Waals surface area contributed by atoms with Gasteiger partial charge in [0.15, 0.2) is 18.2 Å². The topological polar surface area (TPSA) is 58.6 Å². The molecule has 2 rings (SSSR count). The van der Waals surface area contributed by atoms with Crippen molar-refractivity contribution in [2.75, 3.05) is 13.2 Å². The highest BCUT2D eigenvalue weighted by atomic mass is 35.5. The monoisotopic (exact) mass is 468 g/mol. The zero-order valence-corrected chi connectivity index (χ0v) is 19.3. The Kier molecular flexibility index (Phi) is 9.59. The number of rotatable bonds is 10. The lowest BCUT2D eigenvalue weighted by molar-refractivity contribution is -0.143. The van der Waals surface area contributed by atoms with Crippen LogP contribution in [0.4, 0.5) is 4.39 Å². The molecule has 0 aromatic heterocycles. The predicted molar refractivity (Wildman–Crippen MR) is 121 cm³/mol. The highest BCUT2D eigenvalue weighted by molar-refractivity contribution is 6.42. The van der Waals surface area contributed by atoms with Crippen LogP contribution in [0.1, 0.15) is 32.8 Å². The Labute approximate surface area is 192 Å². The molecule has 0 fully saturated rings. The van der Waals surface area contributed by atoms with Gasteiger partial charge in [-0.3, -0.25) is 9.59 Å². The van der Waals surface area contributed by atoms with E-state index < -0.39 is 24.4 Å². The molecule has 0 aliphatic rings. The summed E-state index contributed by atoms with van der Waals surface area (Å²) >= 11 is 12.1. The van der Waals surface area contributed by atoms with Crippen molar-refractivity contribution in [1.29, 1.82) is 0 Å². The number of hydrogen-bond donors (Lipinski definition) is 1. The molecule has 0 aliphatic heterocycles. The summed E-state index contributed by atoms with van der Waals surface area (Å²) in [5, 5.41) is 3.63. The molecule has 8 heteroatoms. The standard InChI is InChI=1S/C23H27Cl2FN2O3/c1-4-20(23(30)27-12-15(2)3)28(13-16-9-10-17(24)18(25)11-16)22(29)14-31-21-8-6-5-7-19(21)26/h5-11,15,20H,4,12-14H2,1-3H3,(H,27,30)/t20-/m0/s1. The highest BCUT2D eigenvalue weighted by Crippen LogP contribution is 2.24. The summed E-state index contributed by atoms with van der Waals surface area (Å²) in [7, 11) is 0. The van der Waals surface area contributed by atoms with E-state index in [0.717, 1.165) is 0 Å². The van der Waals surface area contributed by atoms with Gasteiger partial charge in [0.05, 0.1) is 10.0 Å². The van der Waals surface area contributed by atoms with Gasteiger partial charge in [-0.2, -0.15) is 0 Å². The number of benzene rings is 2. The molecule has 0 unspecified atom stereocenters. The Balaban J connectivity index is 2.24. The first-order valence-electron chi connectivity index (χ1n) is 10.1. The van der Waals surface area contributed by atoms with Gasteiger partial charge in [0.25, 0.3) is 5.91 Å². The summed E-state index contributed by atoms with van der Waals surface area (Å²) in [6.07, 6.45) is 0.399. The minimum absolute atomic E-state index is 0.0253. The summed E-state index contributed by atoms with van der Waals surface area (Å²) in [5.74, 6) is -1.02. The van der Waals surface area contributed by atoms with E-state index in [1.54, 1.807) is 24.3 Å². The lowest BCUT2D eigenvalue weighted by Gasteiger charge is -2.31. The van der Waals surface area contributed by atoms with Crippen LogP contribution in [0.25, 0.3) is 0 Å². The zero-order valence-electron chi connectivity index (χ0n) is 17.8. The Morgan fingerprint density at radius 2 is 1.84 bits per heavy atom. The van der Waals surface area contributed by atoms with Crippen LogP contribution in [-0.2, 0) is 16.1 Å². The third-order valence-corrected chi connectivity index (χ3v) is 5.33.